The SMILES string of the molecule is Cn1nc2c(c1C(=O)NC(C)(C)C)CN(C(=O)OC(C)(C)C)CC2. The molecule has 24 heavy (non-hydrogen) atoms. The van der Waals surface area contributed by atoms with Crippen molar-refractivity contribution in [1.82, 2.24) is 20.0 Å². The highest BCUT2D eigenvalue weighted by atomic mass is 16.6. The van der Waals surface area contributed by atoms with Crippen LogP contribution in [0, 0.1) is 0 Å². The fourth-order valence-electron chi connectivity index (χ4n) is 2.67. The van der Waals surface area contributed by atoms with Gasteiger partial charge in [-0.1, -0.05) is 0 Å². The largest absolute Gasteiger partial charge is 0.444 e. The van der Waals surface area contributed by atoms with Gasteiger partial charge in [-0.05, 0) is 41.5 Å². The second-order valence-corrected chi connectivity index (χ2v) is 8.25. The number of fused-ring (bicyclic) bond motifs is 1. The molecule has 0 spiro atoms. The summed E-state index contributed by atoms with van der Waals surface area (Å²) in [5, 5.41) is 7.41. The van der Waals surface area contributed by atoms with Crippen LogP contribution in [0.5, 0.6) is 0 Å². The van der Waals surface area contributed by atoms with Gasteiger partial charge in [-0.15, -0.1) is 0 Å². The minimum absolute atomic E-state index is 0.176. The Bertz CT molecular complexity index is 650. The molecule has 2 amide bonds. The van der Waals surface area contributed by atoms with Crippen LogP contribution < -0.4 is 5.32 Å². The number of hydrogen-bond donors (Lipinski definition) is 1. The number of ether oxygens (including phenoxy) is 1. The average molecular weight is 336 g/mol. The fourth-order valence-corrected chi connectivity index (χ4v) is 2.67. The summed E-state index contributed by atoms with van der Waals surface area (Å²) >= 11 is 0. The highest BCUT2D eigenvalue weighted by Gasteiger charge is 2.32. The monoisotopic (exact) mass is 336 g/mol. The Kier molecular flexibility index (Phi) is 4.65. The van der Waals surface area contributed by atoms with Crippen LogP contribution >= 0.6 is 0 Å². The van der Waals surface area contributed by atoms with Crippen LogP contribution in [-0.2, 0) is 24.8 Å². The molecule has 0 fully saturated rings. The standard InChI is InChI=1S/C17H28N4O3/c1-16(2,3)18-14(22)13-11-10-21(15(23)24-17(4,5)6)9-8-12(11)19-20(13)7/h8-10H2,1-7H3,(H,18,22). The maximum Gasteiger partial charge on any atom is 0.410 e. The van der Waals surface area contributed by atoms with E-state index in [0.29, 0.717) is 25.2 Å². The zero-order chi connectivity index (χ0) is 18.3. The van der Waals surface area contributed by atoms with E-state index >= 15 is 0 Å². The van der Waals surface area contributed by atoms with Crippen molar-refractivity contribution in [3.05, 3.63) is 17.0 Å². The molecule has 134 valence electrons. The Hall–Kier alpha value is -2.05. The van der Waals surface area contributed by atoms with Gasteiger partial charge in [-0.3, -0.25) is 9.48 Å². The van der Waals surface area contributed by atoms with Crippen molar-refractivity contribution >= 4 is 12.0 Å². The molecule has 1 aliphatic heterocycles. The minimum atomic E-state index is -0.543. The quantitative estimate of drug-likeness (QED) is 0.853. The van der Waals surface area contributed by atoms with E-state index in [0.717, 1.165) is 11.3 Å². The van der Waals surface area contributed by atoms with Gasteiger partial charge in [0.25, 0.3) is 5.91 Å². The van der Waals surface area contributed by atoms with E-state index in [1.165, 1.54) is 0 Å². The summed E-state index contributed by atoms with van der Waals surface area (Å²) < 4.78 is 7.04. The van der Waals surface area contributed by atoms with Crippen LogP contribution in [-0.4, -0.2) is 44.4 Å². The summed E-state index contributed by atoms with van der Waals surface area (Å²) in [5.74, 6) is -0.176. The molecule has 1 N–H and O–H groups in total. The van der Waals surface area contributed by atoms with Gasteiger partial charge in [-0.25, -0.2) is 4.79 Å². The Labute approximate surface area is 143 Å². The number of aromatic nitrogens is 2. The maximum absolute atomic E-state index is 12.6. The van der Waals surface area contributed by atoms with Crippen molar-refractivity contribution in [1.29, 1.82) is 0 Å². The zero-order valence-corrected chi connectivity index (χ0v) is 15.7. The van der Waals surface area contributed by atoms with E-state index in [1.807, 2.05) is 41.5 Å². The molecule has 0 aromatic carbocycles. The highest BCUT2D eigenvalue weighted by Crippen LogP contribution is 2.24. The van der Waals surface area contributed by atoms with E-state index in [-0.39, 0.29) is 17.5 Å². The smallest absolute Gasteiger partial charge is 0.410 e. The summed E-state index contributed by atoms with van der Waals surface area (Å²) in [5.41, 5.74) is 1.30. The first kappa shape index (κ1) is 18.3. The zero-order valence-electron chi connectivity index (χ0n) is 15.7. The molecule has 2 rings (SSSR count). The van der Waals surface area contributed by atoms with Gasteiger partial charge < -0.3 is 15.0 Å². The summed E-state index contributed by atoms with van der Waals surface area (Å²) in [6.07, 6.45) is 0.254. The van der Waals surface area contributed by atoms with Gasteiger partial charge >= 0.3 is 6.09 Å². The van der Waals surface area contributed by atoms with Crippen LogP contribution in [0.1, 0.15) is 63.3 Å². The van der Waals surface area contributed by atoms with Gasteiger partial charge in [0.1, 0.15) is 11.3 Å². The van der Waals surface area contributed by atoms with Crippen LogP contribution in [0.3, 0.4) is 0 Å². The van der Waals surface area contributed by atoms with Crippen molar-refractivity contribution in [3.63, 3.8) is 0 Å². The lowest BCUT2D eigenvalue weighted by Gasteiger charge is -2.30. The number of hydrogen-bond acceptors (Lipinski definition) is 4. The Morgan fingerprint density at radius 3 is 2.33 bits per heavy atom. The van der Waals surface area contributed by atoms with Crippen molar-refractivity contribution < 1.29 is 14.3 Å². The fraction of sp³-hybridized carbons (Fsp3) is 0.706. The highest BCUT2D eigenvalue weighted by molar-refractivity contribution is 5.95. The molecular weight excluding hydrogens is 308 g/mol. The molecule has 0 aliphatic carbocycles. The van der Waals surface area contributed by atoms with Crippen molar-refractivity contribution in [3.8, 4) is 0 Å². The summed E-state index contributed by atoms with van der Waals surface area (Å²) in [7, 11) is 1.76. The first-order valence-electron chi connectivity index (χ1n) is 8.22. The molecule has 7 nitrogen and oxygen atoms in total. The lowest BCUT2D eigenvalue weighted by molar-refractivity contribution is 0.0222. The predicted molar refractivity (Wildman–Crippen MR) is 90.8 cm³/mol. The third-order valence-electron chi connectivity index (χ3n) is 3.55. The van der Waals surface area contributed by atoms with Gasteiger partial charge in [0, 0.05) is 31.1 Å². The molecule has 1 aromatic rings. The lowest BCUT2D eigenvalue weighted by atomic mass is 10.0. The molecule has 0 bridgehead atoms. The maximum atomic E-state index is 12.6. The number of nitrogens with one attached hydrogen (secondary N) is 1. The molecule has 2 heterocycles. The Morgan fingerprint density at radius 1 is 1.17 bits per heavy atom. The third-order valence-corrected chi connectivity index (χ3v) is 3.55. The molecular formula is C17H28N4O3. The van der Waals surface area contributed by atoms with E-state index in [4.69, 9.17) is 4.74 Å². The summed E-state index contributed by atoms with van der Waals surface area (Å²) in [6, 6.07) is 0. The predicted octanol–water partition coefficient (Wildman–Crippen LogP) is 2.24. The summed E-state index contributed by atoms with van der Waals surface area (Å²) in [4.78, 5) is 26.6. The molecule has 7 heteroatoms. The van der Waals surface area contributed by atoms with E-state index in [1.54, 1.807) is 16.6 Å². The first-order valence-corrected chi connectivity index (χ1v) is 8.22. The number of nitrogens with zero attached hydrogens (tertiary/aromatic N) is 3. The lowest BCUT2D eigenvalue weighted by Crippen LogP contribution is -2.43. The number of carbonyl (C=O) groups is 2. The van der Waals surface area contributed by atoms with Gasteiger partial charge in [-0.2, -0.15) is 5.10 Å². The molecule has 1 aromatic heterocycles. The second-order valence-electron chi connectivity index (χ2n) is 8.25. The van der Waals surface area contributed by atoms with Crippen LogP contribution in [0.4, 0.5) is 4.79 Å². The molecule has 0 radical (unpaired) electrons. The molecule has 0 saturated heterocycles. The molecule has 1 aliphatic rings. The second kappa shape index (κ2) is 6.11. The Morgan fingerprint density at radius 2 is 1.79 bits per heavy atom. The third kappa shape index (κ3) is 4.27. The Balaban J connectivity index is 2.24. The molecule has 0 saturated carbocycles. The number of amides is 2. The van der Waals surface area contributed by atoms with E-state index < -0.39 is 5.60 Å². The number of carbonyl (C=O) groups excluding carboxylic acids is 2. The van der Waals surface area contributed by atoms with Crippen molar-refractivity contribution in [2.75, 3.05) is 6.54 Å². The van der Waals surface area contributed by atoms with E-state index in [2.05, 4.69) is 10.4 Å². The van der Waals surface area contributed by atoms with Gasteiger partial charge in [0.05, 0.1) is 12.2 Å². The van der Waals surface area contributed by atoms with Crippen LogP contribution in [0.25, 0.3) is 0 Å². The summed E-state index contributed by atoms with van der Waals surface area (Å²) in [6.45, 7) is 12.2. The normalized spacial score (nSPS) is 15.0. The van der Waals surface area contributed by atoms with Crippen LogP contribution in [0.2, 0.25) is 0 Å². The minimum Gasteiger partial charge on any atom is -0.444 e. The van der Waals surface area contributed by atoms with E-state index in [9.17, 15) is 9.59 Å². The topological polar surface area (TPSA) is 76.5 Å². The molecule has 0 unspecified atom stereocenters. The van der Waals surface area contributed by atoms with Crippen molar-refractivity contribution in [2.45, 2.75) is 65.6 Å². The van der Waals surface area contributed by atoms with Gasteiger partial charge in [0.2, 0.25) is 0 Å². The van der Waals surface area contributed by atoms with Gasteiger partial charge in [0.15, 0.2) is 0 Å². The number of rotatable bonds is 1. The number of aryl methyl sites for hydroxylation is 1. The van der Waals surface area contributed by atoms with Crippen LogP contribution in [0.15, 0.2) is 0 Å². The first-order chi connectivity index (χ1) is 10.9. The average Bonchev–Trinajstić information content (AvgIpc) is 2.69. The van der Waals surface area contributed by atoms with Crippen molar-refractivity contribution in [2.24, 2.45) is 7.05 Å². The molecule has 0 atom stereocenters.